The summed E-state index contributed by atoms with van der Waals surface area (Å²) in [5.74, 6) is 1.15. The third-order valence-corrected chi connectivity index (χ3v) is 3.64. The quantitative estimate of drug-likeness (QED) is 0.702. The van der Waals surface area contributed by atoms with E-state index in [2.05, 4.69) is 21.0 Å². The Morgan fingerprint density at radius 2 is 1.95 bits per heavy atom. The van der Waals surface area contributed by atoms with Crippen molar-refractivity contribution in [2.24, 2.45) is 0 Å². The van der Waals surface area contributed by atoms with Gasteiger partial charge in [-0.2, -0.15) is 5.10 Å². The topological polar surface area (TPSA) is 62.6 Å². The molecule has 0 saturated heterocycles. The molecule has 1 aromatic heterocycles. The molecule has 0 atom stereocenters. The Morgan fingerprint density at radius 3 is 2.59 bits per heavy atom. The van der Waals surface area contributed by atoms with Crippen LogP contribution >= 0.6 is 15.9 Å². The zero-order chi connectivity index (χ0) is 15.9. The first-order valence-electron chi connectivity index (χ1n) is 6.74. The van der Waals surface area contributed by atoms with Crippen molar-refractivity contribution in [1.29, 1.82) is 0 Å². The molecule has 0 aliphatic heterocycles. The summed E-state index contributed by atoms with van der Waals surface area (Å²) in [6.45, 7) is 2.91. The lowest BCUT2D eigenvalue weighted by atomic mass is 10.2. The summed E-state index contributed by atoms with van der Waals surface area (Å²) in [5, 5.41) is 4.03. The SMILES string of the molecule is CCn1ncc(OCc2ccc(OCOC)cc2)c(Br)c1=O. The van der Waals surface area contributed by atoms with E-state index >= 15 is 0 Å². The maximum atomic E-state index is 11.9. The van der Waals surface area contributed by atoms with Crippen LogP contribution in [0.1, 0.15) is 12.5 Å². The van der Waals surface area contributed by atoms with E-state index in [4.69, 9.17) is 14.2 Å². The van der Waals surface area contributed by atoms with Gasteiger partial charge in [-0.25, -0.2) is 4.68 Å². The summed E-state index contributed by atoms with van der Waals surface area (Å²) in [5.41, 5.74) is 0.750. The van der Waals surface area contributed by atoms with Gasteiger partial charge in [0.2, 0.25) is 0 Å². The molecule has 0 amide bonds. The van der Waals surface area contributed by atoms with Gasteiger partial charge in [0.05, 0.1) is 6.20 Å². The van der Waals surface area contributed by atoms with Crippen LogP contribution in [0, 0.1) is 0 Å². The van der Waals surface area contributed by atoms with Crippen molar-refractivity contribution in [3.8, 4) is 11.5 Å². The first kappa shape index (κ1) is 16.5. The Labute approximate surface area is 136 Å². The summed E-state index contributed by atoms with van der Waals surface area (Å²) in [4.78, 5) is 11.9. The van der Waals surface area contributed by atoms with E-state index in [1.54, 1.807) is 7.11 Å². The Bertz CT molecular complexity index is 670. The number of rotatable bonds is 7. The lowest BCUT2D eigenvalue weighted by Crippen LogP contribution is -2.22. The van der Waals surface area contributed by atoms with E-state index in [1.165, 1.54) is 10.9 Å². The number of aryl methyl sites for hydroxylation is 1. The van der Waals surface area contributed by atoms with Crippen LogP contribution < -0.4 is 15.0 Å². The van der Waals surface area contributed by atoms with Gasteiger partial charge in [-0.1, -0.05) is 12.1 Å². The normalized spacial score (nSPS) is 10.5. The molecule has 118 valence electrons. The number of ether oxygens (including phenoxy) is 3. The minimum absolute atomic E-state index is 0.205. The minimum Gasteiger partial charge on any atom is -0.486 e. The van der Waals surface area contributed by atoms with E-state index < -0.39 is 0 Å². The predicted molar refractivity (Wildman–Crippen MR) is 85.1 cm³/mol. The third kappa shape index (κ3) is 4.08. The molecule has 0 aliphatic carbocycles. The second-order valence-corrected chi connectivity index (χ2v) is 5.22. The molecule has 0 radical (unpaired) electrons. The molecule has 0 N–H and O–H groups in total. The van der Waals surface area contributed by atoms with Crippen LogP contribution in [0.15, 0.2) is 39.7 Å². The van der Waals surface area contributed by atoms with E-state index in [-0.39, 0.29) is 12.4 Å². The van der Waals surface area contributed by atoms with Crippen molar-refractivity contribution in [2.75, 3.05) is 13.9 Å². The maximum absolute atomic E-state index is 11.9. The van der Waals surface area contributed by atoms with E-state index in [0.29, 0.717) is 23.4 Å². The summed E-state index contributed by atoms with van der Waals surface area (Å²) < 4.78 is 17.5. The van der Waals surface area contributed by atoms with E-state index in [0.717, 1.165) is 11.3 Å². The van der Waals surface area contributed by atoms with Crippen LogP contribution in [-0.4, -0.2) is 23.7 Å². The summed E-state index contributed by atoms with van der Waals surface area (Å²) in [7, 11) is 1.57. The number of halogens is 1. The fraction of sp³-hybridized carbons (Fsp3) is 0.333. The first-order valence-corrected chi connectivity index (χ1v) is 7.54. The number of benzene rings is 1. The van der Waals surface area contributed by atoms with Crippen LogP contribution in [-0.2, 0) is 17.9 Å². The average Bonchev–Trinajstić information content (AvgIpc) is 2.55. The van der Waals surface area contributed by atoms with Gasteiger partial charge in [0.1, 0.15) is 16.8 Å². The van der Waals surface area contributed by atoms with Gasteiger partial charge in [0.25, 0.3) is 5.56 Å². The van der Waals surface area contributed by atoms with Crippen molar-refractivity contribution in [1.82, 2.24) is 9.78 Å². The lowest BCUT2D eigenvalue weighted by Gasteiger charge is -2.10. The Morgan fingerprint density at radius 1 is 1.23 bits per heavy atom. The van der Waals surface area contributed by atoms with Crippen molar-refractivity contribution in [3.63, 3.8) is 0 Å². The smallest absolute Gasteiger partial charge is 0.284 e. The molecule has 0 spiro atoms. The number of nitrogens with zero attached hydrogens (tertiary/aromatic N) is 2. The van der Waals surface area contributed by atoms with Crippen molar-refractivity contribution >= 4 is 15.9 Å². The highest BCUT2D eigenvalue weighted by Gasteiger charge is 2.09. The Balaban J connectivity index is 2.01. The van der Waals surface area contributed by atoms with Gasteiger partial charge >= 0.3 is 0 Å². The van der Waals surface area contributed by atoms with Gasteiger partial charge < -0.3 is 14.2 Å². The molecule has 1 heterocycles. The molecule has 0 bridgehead atoms. The maximum Gasteiger partial charge on any atom is 0.284 e. The fourth-order valence-electron chi connectivity index (χ4n) is 1.75. The molecule has 2 rings (SSSR count). The Hall–Kier alpha value is -1.86. The number of hydrogen-bond acceptors (Lipinski definition) is 5. The van der Waals surface area contributed by atoms with Crippen LogP contribution in [0.3, 0.4) is 0 Å². The minimum atomic E-state index is -0.205. The molecule has 2 aromatic rings. The van der Waals surface area contributed by atoms with Crippen LogP contribution in [0.2, 0.25) is 0 Å². The Kier molecular flexibility index (Phi) is 5.97. The average molecular weight is 369 g/mol. The van der Waals surface area contributed by atoms with Crippen LogP contribution in [0.5, 0.6) is 11.5 Å². The molecular formula is C15H17BrN2O4. The predicted octanol–water partition coefficient (Wildman–Crippen LogP) is 2.59. The van der Waals surface area contributed by atoms with Gasteiger partial charge in [-0.05, 0) is 40.5 Å². The van der Waals surface area contributed by atoms with E-state index in [1.807, 2.05) is 31.2 Å². The monoisotopic (exact) mass is 368 g/mol. The second kappa shape index (κ2) is 7.95. The number of methoxy groups -OCH3 is 1. The lowest BCUT2D eigenvalue weighted by molar-refractivity contribution is 0.0511. The molecule has 0 unspecified atom stereocenters. The number of aromatic nitrogens is 2. The zero-order valence-electron chi connectivity index (χ0n) is 12.4. The number of hydrogen-bond donors (Lipinski definition) is 0. The molecule has 22 heavy (non-hydrogen) atoms. The standard InChI is InChI=1S/C15H17BrN2O4/c1-3-18-15(19)14(16)13(8-17-18)21-9-11-4-6-12(7-5-11)22-10-20-2/h4-8H,3,9-10H2,1-2H3. The highest BCUT2D eigenvalue weighted by molar-refractivity contribution is 9.10. The molecule has 0 saturated carbocycles. The van der Waals surface area contributed by atoms with Crippen molar-refractivity contribution in [3.05, 3.63) is 50.9 Å². The summed E-state index contributed by atoms with van der Waals surface area (Å²) in [6.07, 6.45) is 1.53. The highest BCUT2D eigenvalue weighted by Crippen LogP contribution is 2.21. The van der Waals surface area contributed by atoms with Crippen molar-refractivity contribution in [2.45, 2.75) is 20.1 Å². The largest absolute Gasteiger partial charge is 0.486 e. The second-order valence-electron chi connectivity index (χ2n) is 4.43. The summed E-state index contributed by atoms with van der Waals surface area (Å²) >= 11 is 3.25. The third-order valence-electron chi connectivity index (χ3n) is 2.91. The fourth-order valence-corrected chi connectivity index (χ4v) is 2.17. The summed E-state index contributed by atoms with van der Waals surface area (Å²) in [6, 6.07) is 7.44. The van der Waals surface area contributed by atoms with E-state index in [9.17, 15) is 4.79 Å². The molecule has 0 fully saturated rings. The van der Waals surface area contributed by atoms with Gasteiger partial charge in [-0.3, -0.25) is 4.79 Å². The van der Waals surface area contributed by atoms with Gasteiger partial charge in [0, 0.05) is 13.7 Å². The molecule has 0 aliphatic rings. The van der Waals surface area contributed by atoms with Crippen LogP contribution in [0.25, 0.3) is 0 Å². The zero-order valence-corrected chi connectivity index (χ0v) is 14.0. The van der Waals surface area contributed by atoms with Crippen molar-refractivity contribution < 1.29 is 14.2 Å². The van der Waals surface area contributed by atoms with Crippen LogP contribution in [0.4, 0.5) is 0 Å². The molecule has 6 nitrogen and oxygen atoms in total. The first-order chi connectivity index (χ1) is 10.7. The molecule has 1 aromatic carbocycles. The van der Waals surface area contributed by atoms with Gasteiger partial charge in [-0.15, -0.1) is 0 Å². The molecular weight excluding hydrogens is 352 g/mol. The highest BCUT2D eigenvalue weighted by atomic mass is 79.9. The van der Waals surface area contributed by atoms with Gasteiger partial charge in [0.15, 0.2) is 12.5 Å². The molecule has 7 heteroatoms.